The van der Waals surface area contributed by atoms with E-state index in [2.05, 4.69) is 15.9 Å². The highest BCUT2D eigenvalue weighted by Gasteiger charge is 2.06. The van der Waals surface area contributed by atoms with Gasteiger partial charge in [-0.15, -0.1) is 0 Å². The molecule has 1 atom stereocenters. The zero-order valence-electron chi connectivity index (χ0n) is 10.6. The molecule has 0 aliphatic rings. The van der Waals surface area contributed by atoms with E-state index in [4.69, 9.17) is 10.5 Å². The molecule has 19 heavy (non-hydrogen) atoms. The van der Waals surface area contributed by atoms with E-state index in [0.29, 0.717) is 5.75 Å². The molecule has 4 heteroatoms. The zero-order valence-corrected chi connectivity index (χ0v) is 12.2. The summed E-state index contributed by atoms with van der Waals surface area (Å²) in [6, 6.07) is 12.2. The van der Waals surface area contributed by atoms with Crippen LogP contribution >= 0.6 is 15.9 Å². The number of hydrogen-bond acceptors (Lipinski definition) is 2. The number of benzene rings is 2. The number of rotatable bonds is 4. The maximum Gasteiger partial charge on any atom is 0.165 e. The van der Waals surface area contributed by atoms with Crippen molar-refractivity contribution in [2.24, 2.45) is 5.73 Å². The van der Waals surface area contributed by atoms with Crippen molar-refractivity contribution in [3.63, 3.8) is 0 Å². The zero-order chi connectivity index (χ0) is 13.8. The molecule has 2 nitrogen and oxygen atoms in total. The van der Waals surface area contributed by atoms with Gasteiger partial charge < -0.3 is 10.5 Å². The molecule has 2 rings (SSSR count). The molecule has 2 aromatic rings. The minimum atomic E-state index is -0.386. The average molecular weight is 324 g/mol. The van der Waals surface area contributed by atoms with Crippen molar-refractivity contribution in [1.29, 1.82) is 0 Å². The lowest BCUT2D eigenvalue weighted by Gasteiger charge is -2.09. The lowest BCUT2D eigenvalue weighted by molar-refractivity contribution is 0.441. The minimum absolute atomic E-state index is 0.120. The molecule has 0 amide bonds. The molecule has 0 fully saturated rings. The van der Waals surface area contributed by atoms with Gasteiger partial charge in [-0.2, -0.15) is 0 Å². The molecule has 0 aliphatic heterocycles. The van der Waals surface area contributed by atoms with Crippen LogP contribution in [-0.2, 0) is 6.42 Å². The smallest absolute Gasteiger partial charge is 0.165 e. The first-order chi connectivity index (χ1) is 9.04. The van der Waals surface area contributed by atoms with E-state index >= 15 is 0 Å². The lowest BCUT2D eigenvalue weighted by Crippen LogP contribution is -2.17. The Balaban J connectivity index is 2.13. The van der Waals surface area contributed by atoms with E-state index in [9.17, 15) is 4.39 Å². The van der Waals surface area contributed by atoms with Gasteiger partial charge in [0.05, 0.1) is 0 Å². The Hall–Kier alpha value is -1.39. The van der Waals surface area contributed by atoms with Crippen LogP contribution in [0, 0.1) is 5.82 Å². The van der Waals surface area contributed by atoms with Crippen molar-refractivity contribution >= 4 is 15.9 Å². The Morgan fingerprint density at radius 1 is 1.21 bits per heavy atom. The second-order valence-electron chi connectivity index (χ2n) is 4.50. The summed E-state index contributed by atoms with van der Waals surface area (Å²) in [5.74, 6) is 0.419. The maximum atomic E-state index is 13.5. The summed E-state index contributed by atoms with van der Waals surface area (Å²) >= 11 is 3.29. The first-order valence-corrected chi connectivity index (χ1v) is 6.81. The van der Waals surface area contributed by atoms with E-state index in [1.807, 2.05) is 31.2 Å². The first-order valence-electron chi connectivity index (χ1n) is 6.02. The topological polar surface area (TPSA) is 35.2 Å². The van der Waals surface area contributed by atoms with Crippen LogP contribution in [-0.4, -0.2) is 6.04 Å². The third-order valence-corrected chi connectivity index (χ3v) is 3.10. The molecular weight excluding hydrogens is 309 g/mol. The van der Waals surface area contributed by atoms with Gasteiger partial charge in [0.1, 0.15) is 5.75 Å². The normalized spacial score (nSPS) is 12.2. The van der Waals surface area contributed by atoms with Crippen molar-refractivity contribution in [2.45, 2.75) is 19.4 Å². The van der Waals surface area contributed by atoms with Gasteiger partial charge in [-0.3, -0.25) is 0 Å². The largest absolute Gasteiger partial charge is 0.454 e. The van der Waals surface area contributed by atoms with E-state index in [-0.39, 0.29) is 17.6 Å². The molecule has 1 unspecified atom stereocenters. The van der Waals surface area contributed by atoms with Gasteiger partial charge in [-0.1, -0.05) is 28.1 Å². The fourth-order valence-corrected chi connectivity index (χ4v) is 2.09. The predicted octanol–water partition coefficient (Wildman–Crippen LogP) is 4.27. The molecule has 0 aliphatic carbocycles. The summed E-state index contributed by atoms with van der Waals surface area (Å²) in [5.41, 5.74) is 6.87. The van der Waals surface area contributed by atoms with Crippen molar-refractivity contribution in [3.8, 4) is 11.5 Å². The SMILES string of the molecule is CC(N)Cc1ccc(Oc2cc(Br)ccc2F)cc1. The average Bonchev–Trinajstić information content (AvgIpc) is 2.35. The van der Waals surface area contributed by atoms with Gasteiger partial charge in [-0.05, 0) is 49.2 Å². The van der Waals surface area contributed by atoms with Crippen LogP contribution < -0.4 is 10.5 Å². The van der Waals surface area contributed by atoms with Crippen LogP contribution in [0.2, 0.25) is 0 Å². The molecule has 100 valence electrons. The van der Waals surface area contributed by atoms with Gasteiger partial charge in [-0.25, -0.2) is 4.39 Å². The van der Waals surface area contributed by atoms with Gasteiger partial charge in [0.25, 0.3) is 0 Å². The number of hydrogen-bond donors (Lipinski definition) is 1. The van der Waals surface area contributed by atoms with Gasteiger partial charge >= 0.3 is 0 Å². The standard InChI is InChI=1S/C15H15BrFNO/c1-10(18)8-11-2-5-13(6-3-11)19-15-9-12(16)4-7-14(15)17/h2-7,9-10H,8,18H2,1H3. The maximum absolute atomic E-state index is 13.5. The molecule has 0 aromatic heterocycles. The minimum Gasteiger partial charge on any atom is -0.454 e. The molecule has 0 bridgehead atoms. The van der Waals surface area contributed by atoms with Crippen molar-refractivity contribution in [3.05, 3.63) is 58.3 Å². The van der Waals surface area contributed by atoms with Gasteiger partial charge in [0.2, 0.25) is 0 Å². The molecule has 0 saturated carbocycles. The summed E-state index contributed by atoms with van der Waals surface area (Å²) in [4.78, 5) is 0. The van der Waals surface area contributed by atoms with Crippen LogP contribution in [0.3, 0.4) is 0 Å². The second kappa shape index (κ2) is 6.17. The highest BCUT2D eigenvalue weighted by atomic mass is 79.9. The van der Waals surface area contributed by atoms with Crippen molar-refractivity contribution in [1.82, 2.24) is 0 Å². The van der Waals surface area contributed by atoms with E-state index in [1.165, 1.54) is 6.07 Å². The summed E-state index contributed by atoms with van der Waals surface area (Å²) in [6.45, 7) is 1.96. The molecule has 2 N–H and O–H groups in total. The number of nitrogens with two attached hydrogens (primary N) is 1. The second-order valence-corrected chi connectivity index (χ2v) is 5.42. The van der Waals surface area contributed by atoms with Gasteiger partial charge in [0, 0.05) is 10.5 Å². The molecule has 0 heterocycles. The van der Waals surface area contributed by atoms with Crippen LogP contribution in [0.4, 0.5) is 4.39 Å². The monoisotopic (exact) mass is 323 g/mol. The first kappa shape index (κ1) is 14.0. The Morgan fingerprint density at radius 2 is 1.89 bits per heavy atom. The Labute approximate surface area is 120 Å². The Morgan fingerprint density at radius 3 is 2.53 bits per heavy atom. The van der Waals surface area contributed by atoms with Crippen molar-refractivity contribution < 1.29 is 9.13 Å². The molecule has 0 saturated heterocycles. The lowest BCUT2D eigenvalue weighted by atomic mass is 10.1. The molecule has 0 spiro atoms. The third kappa shape index (κ3) is 4.04. The number of halogens is 2. The number of ether oxygens (including phenoxy) is 1. The third-order valence-electron chi connectivity index (χ3n) is 2.60. The van der Waals surface area contributed by atoms with Gasteiger partial charge in [0.15, 0.2) is 11.6 Å². The summed E-state index contributed by atoms with van der Waals surface area (Å²) in [5, 5.41) is 0. The fourth-order valence-electron chi connectivity index (χ4n) is 1.75. The molecule has 2 aromatic carbocycles. The van der Waals surface area contributed by atoms with Crippen molar-refractivity contribution in [2.75, 3.05) is 0 Å². The van der Waals surface area contributed by atoms with Crippen LogP contribution in [0.5, 0.6) is 11.5 Å². The summed E-state index contributed by atoms with van der Waals surface area (Å²) < 4.78 is 19.8. The van der Waals surface area contributed by atoms with E-state index in [1.54, 1.807) is 12.1 Å². The van der Waals surface area contributed by atoms with Crippen LogP contribution in [0.1, 0.15) is 12.5 Å². The highest BCUT2D eigenvalue weighted by Crippen LogP contribution is 2.27. The quantitative estimate of drug-likeness (QED) is 0.911. The fraction of sp³-hybridized carbons (Fsp3) is 0.200. The predicted molar refractivity (Wildman–Crippen MR) is 78.0 cm³/mol. The summed E-state index contributed by atoms with van der Waals surface area (Å²) in [7, 11) is 0. The molecular formula is C15H15BrFNO. The van der Waals surface area contributed by atoms with E-state index < -0.39 is 0 Å². The van der Waals surface area contributed by atoms with Crippen LogP contribution in [0.15, 0.2) is 46.9 Å². The van der Waals surface area contributed by atoms with E-state index in [0.717, 1.165) is 16.5 Å². The highest BCUT2D eigenvalue weighted by molar-refractivity contribution is 9.10. The van der Waals surface area contributed by atoms with Crippen LogP contribution in [0.25, 0.3) is 0 Å². The summed E-state index contributed by atoms with van der Waals surface area (Å²) in [6.07, 6.45) is 0.811. The Kier molecular flexibility index (Phi) is 4.56. The molecule has 0 radical (unpaired) electrons. The Bertz CT molecular complexity index is 555.